The number of pyridine rings is 1. The minimum Gasteiger partial charge on any atom is -0.439 e. The molecule has 3 rings (SSSR count). The molecule has 31 heavy (non-hydrogen) atoms. The Morgan fingerprint density at radius 3 is 2.35 bits per heavy atom. The summed E-state index contributed by atoms with van der Waals surface area (Å²) in [5, 5.41) is 2.81. The van der Waals surface area contributed by atoms with Crippen molar-refractivity contribution in [2.75, 3.05) is 13.2 Å². The number of carbonyl (C=O) groups is 1. The molecular weight excluding hydrogens is 409 g/mol. The van der Waals surface area contributed by atoms with Crippen LogP contribution in [0.3, 0.4) is 0 Å². The largest absolute Gasteiger partial charge is 0.439 e. The smallest absolute Gasteiger partial charge is 0.417 e. The minimum absolute atomic E-state index is 0.0284. The number of carbonyl (C=O) groups excluding carboxylic acids is 1. The van der Waals surface area contributed by atoms with Crippen LogP contribution < -0.4 is 10.1 Å². The second kappa shape index (κ2) is 10.6. The third kappa shape index (κ3) is 7.11. The highest BCUT2D eigenvalue weighted by atomic mass is 19.4. The number of aromatic nitrogens is 1. The van der Waals surface area contributed by atoms with Crippen LogP contribution in [0.2, 0.25) is 0 Å². The first-order valence-electron chi connectivity index (χ1n) is 9.63. The van der Waals surface area contributed by atoms with Crippen molar-refractivity contribution < 1.29 is 27.4 Å². The van der Waals surface area contributed by atoms with Crippen LogP contribution in [0.5, 0.6) is 11.6 Å². The van der Waals surface area contributed by atoms with Gasteiger partial charge in [0.05, 0.1) is 12.2 Å². The van der Waals surface area contributed by atoms with Crippen molar-refractivity contribution in [3.05, 3.63) is 89.6 Å². The van der Waals surface area contributed by atoms with E-state index in [1.165, 1.54) is 0 Å². The van der Waals surface area contributed by atoms with Crippen molar-refractivity contribution in [3.8, 4) is 11.6 Å². The van der Waals surface area contributed by atoms with Gasteiger partial charge < -0.3 is 14.8 Å². The predicted molar refractivity (Wildman–Crippen MR) is 109 cm³/mol. The van der Waals surface area contributed by atoms with Crippen LogP contribution in [0.1, 0.15) is 27.9 Å². The van der Waals surface area contributed by atoms with Crippen molar-refractivity contribution in [2.45, 2.75) is 19.2 Å². The molecule has 0 fully saturated rings. The first-order chi connectivity index (χ1) is 14.9. The van der Waals surface area contributed by atoms with E-state index in [-0.39, 0.29) is 11.8 Å². The van der Waals surface area contributed by atoms with Crippen LogP contribution in [-0.2, 0) is 17.5 Å². The van der Waals surface area contributed by atoms with Crippen molar-refractivity contribution in [1.29, 1.82) is 0 Å². The average Bonchev–Trinajstić information content (AvgIpc) is 2.77. The fraction of sp³-hybridized carbons (Fsp3) is 0.217. The van der Waals surface area contributed by atoms with Crippen LogP contribution >= 0.6 is 0 Å². The topological polar surface area (TPSA) is 60.5 Å². The first kappa shape index (κ1) is 22.3. The standard InChI is InChI=1S/C23H21F3N2O3/c24-23(25,26)19-9-12-21(28-15-19)31-20-10-7-18(8-11-20)22(29)27-13-4-14-30-16-17-5-2-1-3-6-17/h1-3,5-12,15H,4,13-14,16H2,(H,27,29). The molecule has 1 amide bonds. The number of rotatable bonds is 9. The summed E-state index contributed by atoms with van der Waals surface area (Å²) < 4.78 is 48.7. The van der Waals surface area contributed by atoms with Gasteiger partial charge in [0.25, 0.3) is 5.91 Å². The molecule has 0 aliphatic heterocycles. The molecule has 1 aromatic heterocycles. The number of alkyl halides is 3. The first-order valence-corrected chi connectivity index (χ1v) is 9.63. The lowest BCUT2D eigenvalue weighted by molar-refractivity contribution is -0.137. The van der Waals surface area contributed by atoms with Crippen LogP contribution in [0.4, 0.5) is 13.2 Å². The predicted octanol–water partition coefficient (Wildman–Crippen LogP) is 5.23. The third-order valence-electron chi connectivity index (χ3n) is 4.27. The van der Waals surface area contributed by atoms with E-state index in [9.17, 15) is 18.0 Å². The minimum atomic E-state index is -4.45. The zero-order chi connectivity index (χ0) is 22.1. The quantitative estimate of drug-likeness (QED) is 0.473. The molecule has 0 atom stereocenters. The number of nitrogens with one attached hydrogen (secondary N) is 1. The number of amides is 1. The summed E-state index contributed by atoms with van der Waals surface area (Å²) in [6.07, 6.45) is -3.06. The third-order valence-corrected chi connectivity index (χ3v) is 4.27. The van der Waals surface area contributed by atoms with Crippen molar-refractivity contribution in [2.24, 2.45) is 0 Å². The Balaban J connectivity index is 1.39. The molecule has 8 heteroatoms. The number of benzene rings is 2. The molecule has 5 nitrogen and oxygen atoms in total. The zero-order valence-electron chi connectivity index (χ0n) is 16.6. The maximum atomic E-state index is 12.6. The Morgan fingerprint density at radius 1 is 0.968 bits per heavy atom. The number of nitrogens with zero attached hydrogens (tertiary/aromatic N) is 1. The van der Waals surface area contributed by atoms with E-state index in [4.69, 9.17) is 9.47 Å². The van der Waals surface area contributed by atoms with Crippen LogP contribution in [0, 0.1) is 0 Å². The highest BCUT2D eigenvalue weighted by Crippen LogP contribution is 2.30. The summed E-state index contributed by atoms with van der Waals surface area (Å²) in [4.78, 5) is 15.8. The lowest BCUT2D eigenvalue weighted by Gasteiger charge is -2.09. The summed E-state index contributed by atoms with van der Waals surface area (Å²) in [6.45, 7) is 1.54. The van der Waals surface area contributed by atoms with Gasteiger partial charge in [0, 0.05) is 31.0 Å². The summed E-state index contributed by atoms with van der Waals surface area (Å²) in [5.41, 5.74) is 0.690. The van der Waals surface area contributed by atoms with Crippen molar-refractivity contribution in [1.82, 2.24) is 10.3 Å². The average molecular weight is 430 g/mol. The Labute approximate surface area is 177 Å². The van der Waals surface area contributed by atoms with Gasteiger partial charge in [0.2, 0.25) is 5.88 Å². The second-order valence-corrected chi connectivity index (χ2v) is 6.66. The lowest BCUT2D eigenvalue weighted by atomic mass is 10.2. The van der Waals surface area contributed by atoms with E-state index >= 15 is 0 Å². The summed E-state index contributed by atoms with van der Waals surface area (Å²) in [5.74, 6) is 0.154. The molecule has 0 unspecified atom stereocenters. The van der Waals surface area contributed by atoms with Gasteiger partial charge in [-0.15, -0.1) is 0 Å². The molecule has 0 aliphatic rings. The van der Waals surface area contributed by atoms with Crippen LogP contribution in [-0.4, -0.2) is 24.0 Å². The summed E-state index contributed by atoms with van der Waals surface area (Å²) >= 11 is 0. The summed E-state index contributed by atoms with van der Waals surface area (Å²) in [7, 11) is 0. The van der Waals surface area contributed by atoms with E-state index in [2.05, 4.69) is 10.3 Å². The van der Waals surface area contributed by atoms with E-state index in [0.717, 1.165) is 17.7 Å². The molecular formula is C23H21F3N2O3. The fourth-order valence-electron chi connectivity index (χ4n) is 2.65. The van der Waals surface area contributed by atoms with E-state index < -0.39 is 11.7 Å². The number of hydrogen-bond acceptors (Lipinski definition) is 4. The van der Waals surface area contributed by atoms with E-state index in [0.29, 0.717) is 43.7 Å². The van der Waals surface area contributed by atoms with Gasteiger partial charge in [-0.2, -0.15) is 13.2 Å². The number of ether oxygens (including phenoxy) is 2. The molecule has 3 aromatic rings. The highest BCUT2D eigenvalue weighted by Gasteiger charge is 2.30. The molecule has 2 aromatic carbocycles. The van der Waals surface area contributed by atoms with Gasteiger partial charge in [-0.25, -0.2) is 4.98 Å². The molecule has 0 spiro atoms. The van der Waals surface area contributed by atoms with Gasteiger partial charge in [-0.05, 0) is 42.3 Å². The number of halogens is 3. The highest BCUT2D eigenvalue weighted by molar-refractivity contribution is 5.94. The molecule has 1 heterocycles. The molecule has 0 radical (unpaired) electrons. The SMILES string of the molecule is O=C(NCCCOCc1ccccc1)c1ccc(Oc2ccc(C(F)(F)F)cn2)cc1. The van der Waals surface area contributed by atoms with Crippen LogP contribution in [0.25, 0.3) is 0 Å². The van der Waals surface area contributed by atoms with Gasteiger partial charge in [0.1, 0.15) is 5.75 Å². The Kier molecular flexibility index (Phi) is 7.61. The molecule has 162 valence electrons. The normalized spacial score (nSPS) is 11.2. The Morgan fingerprint density at radius 2 is 1.71 bits per heavy atom. The van der Waals surface area contributed by atoms with E-state index in [1.54, 1.807) is 24.3 Å². The van der Waals surface area contributed by atoms with Gasteiger partial charge in [0.15, 0.2) is 0 Å². The Bertz CT molecular complexity index is 960. The maximum Gasteiger partial charge on any atom is 0.417 e. The molecule has 0 saturated heterocycles. The van der Waals surface area contributed by atoms with Crippen LogP contribution in [0.15, 0.2) is 72.9 Å². The van der Waals surface area contributed by atoms with E-state index in [1.807, 2.05) is 30.3 Å². The van der Waals surface area contributed by atoms with Crippen molar-refractivity contribution in [3.63, 3.8) is 0 Å². The van der Waals surface area contributed by atoms with Crippen molar-refractivity contribution >= 4 is 5.91 Å². The second-order valence-electron chi connectivity index (χ2n) is 6.66. The molecule has 0 bridgehead atoms. The lowest BCUT2D eigenvalue weighted by Crippen LogP contribution is -2.25. The van der Waals surface area contributed by atoms with Gasteiger partial charge in [-0.3, -0.25) is 4.79 Å². The Hall–Kier alpha value is -3.39. The van der Waals surface area contributed by atoms with Gasteiger partial charge in [-0.1, -0.05) is 30.3 Å². The molecule has 0 aliphatic carbocycles. The number of hydrogen-bond donors (Lipinski definition) is 1. The van der Waals surface area contributed by atoms with Gasteiger partial charge >= 0.3 is 6.18 Å². The fourth-order valence-corrected chi connectivity index (χ4v) is 2.65. The zero-order valence-corrected chi connectivity index (χ0v) is 16.6. The molecule has 0 saturated carbocycles. The molecule has 1 N–H and O–H groups in total. The summed E-state index contributed by atoms with van der Waals surface area (Å²) in [6, 6.07) is 18.1. The monoisotopic (exact) mass is 430 g/mol. The maximum absolute atomic E-state index is 12.6.